The summed E-state index contributed by atoms with van der Waals surface area (Å²) in [5.74, 6) is 1.91. The van der Waals surface area contributed by atoms with Crippen LogP contribution in [0.4, 0.5) is 13.2 Å². The van der Waals surface area contributed by atoms with Gasteiger partial charge in [0.25, 0.3) is 0 Å². The Kier molecular flexibility index (Phi) is 8.30. The fourth-order valence-corrected chi connectivity index (χ4v) is 5.40. The first-order valence-electron chi connectivity index (χ1n) is 13.7. The molecule has 0 unspecified atom stereocenters. The summed E-state index contributed by atoms with van der Waals surface area (Å²) in [6.45, 7) is 3.82. The van der Waals surface area contributed by atoms with Gasteiger partial charge in [0.15, 0.2) is 5.82 Å². The first kappa shape index (κ1) is 26.6. The number of aromatic nitrogens is 6. The van der Waals surface area contributed by atoms with Crippen LogP contribution in [0, 0.1) is 0 Å². The second-order valence-electron chi connectivity index (χ2n) is 10.5. The number of hydrogen-bond donors (Lipinski definition) is 0. The molecular weight excluding hydrogens is 495 g/mol. The minimum Gasteiger partial charge on any atom is -0.486 e. The minimum absolute atomic E-state index is 0.0557. The summed E-state index contributed by atoms with van der Waals surface area (Å²) >= 11 is 0. The number of hydrogen-bond acceptors (Lipinski definition) is 6. The van der Waals surface area contributed by atoms with Crippen molar-refractivity contribution in [2.24, 2.45) is 7.05 Å². The number of aryl methyl sites for hydroxylation is 1. The van der Waals surface area contributed by atoms with Gasteiger partial charge in [-0.3, -0.25) is 0 Å². The van der Waals surface area contributed by atoms with Crippen LogP contribution in [0.1, 0.15) is 86.2 Å². The summed E-state index contributed by atoms with van der Waals surface area (Å²) in [6, 6.07) is 5.23. The van der Waals surface area contributed by atoms with Gasteiger partial charge in [0, 0.05) is 19.2 Å². The molecular formula is C27H36F3N7O. The van der Waals surface area contributed by atoms with Crippen LogP contribution in [-0.2, 0) is 26.3 Å². The molecule has 3 heterocycles. The minimum atomic E-state index is -4.41. The molecule has 2 aliphatic rings. The fraction of sp³-hybridized carbons (Fsp3) is 0.630. The zero-order valence-electron chi connectivity index (χ0n) is 21.9. The second-order valence-corrected chi connectivity index (χ2v) is 10.5. The van der Waals surface area contributed by atoms with Crippen molar-refractivity contribution < 1.29 is 17.9 Å². The number of nitrogens with zero attached hydrogens (tertiary/aromatic N) is 7. The summed E-state index contributed by atoms with van der Waals surface area (Å²) in [7, 11) is 1.89. The quantitative estimate of drug-likeness (QED) is 0.312. The van der Waals surface area contributed by atoms with Crippen molar-refractivity contribution in [2.45, 2.75) is 82.5 Å². The van der Waals surface area contributed by atoms with E-state index in [9.17, 15) is 13.2 Å². The molecule has 3 aromatic rings. The number of ether oxygens (including phenoxy) is 1. The van der Waals surface area contributed by atoms with Crippen molar-refractivity contribution in [3.8, 4) is 5.75 Å². The number of benzene rings is 1. The zero-order valence-corrected chi connectivity index (χ0v) is 21.9. The van der Waals surface area contributed by atoms with Crippen LogP contribution >= 0.6 is 0 Å². The molecule has 11 heteroatoms. The molecule has 0 amide bonds. The van der Waals surface area contributed by atoms with Crippen LogP contribution < -0.4 is 4.74 Å². The normalized spacial score (nSPS) is 20.4. The SMILES string of the molecule is Cn1c(COc2cccc(C(F)(F)F)c2)nnc1[C@H]1CC[C@H](n2cc(CCCCCN3CCC3)nn2)CC1. The largest absolute Gasteiger partial charge is 0.486 e. The molecule has 2 fully saturated rings. The molecule has 1 saturated carbocycles. The first-order valence-corrected chi connectivity index (χ1v) is 13.7. The summed E-state index contributed by atoms with van der Waals surface area (Å²) in [5, 5.41) is 17.5. The Morgan fingerprint density at radius 2 is 1.82 bits per heavy atom. The molecule has 0 radical (unpaired) electrons. The predicted molar refractivity (Wildman–Crippen MR) is 136 cm³/mol. The number of unbranched alkanes of at least 4 members (excludes halogenated alkanes) is 2. The Bertz CT molecular complexity index is 1180. The van der Waals surface area contributed by atoms with Crippen LogP contribution in [0.2, 0.25) is 0 Å². The highest BCUT2D eigenvalue weighted by atomic mass is 19.4. The Morgan fingerprint density at radius 1 is 1.00 bits per heavy atom. The van der Waals surface area contributed by atoms with E-state index in [0.717, 1.165) is 62.2 Å². The zero-order chi connectivity index (χ0) is 26.5. The predicted octanol–water partition coefficient (Wildman–Crippen LogP) is 5.32. The van der Waals surface area contributed by atoms with Crippen LogP contribution in [0.5, 0.6) is 5.75 Å². The Balaban J connectivity index is 1.07. The number of likely N-dealkylation sites (tertiary alicyclic amines) is 1. The second kappa shape index (κ2) is 11.8. The van der Waals surface area contributed by atoms with E-state index in [1.54, 1.807) is 0 Å². The maximum atomic E-state index is 13.0. The van der Waals surface area contributed by atoms with Gasteiger partial charge in [-0.15, -0.1) is 15.3 Å². The Labute approximate surface area is 221 Å². The van der Waals surface area contributed by atoms with E-state index < -0.39 is 11.7 Å². The topological polar surface area (TPSA) is 73.9 Å². The van der Waals surface area contributed by atoms with Gasteiger partial charge in [-0.05, 0) is 89.2 Å². The molecule has 1 aromatic carbocycles. The van der Waals surface area contributed by atoms with Crippen molar-refractivity contribution in [1.29, 1.82) is 0 Å². The number of rotatable bonds is 11. The molecule has 1 saturated heterocycles. The molecule has 0 atom stereocenters. The lowest BCUT2D eigenvalue weighted by molar-refractivity contribution is -0.137. The van der Waals surface area contributed by atoms with Gasteiger partial charge in [-0.1, -0.05) is 17.7 Å². The van der Waals surface area contributed by atoms with Gasteiger partial charge >= 0.3 is 6.18 Å². The smallest absolute Gasteiger partial charge is 0.416 e. The van der Waals surface area contributed by atoms with Crippen molar-refractivity contribution in [1.82, 2.24) is 34.7 Å². The average molecular weight is 532 g/mol. The van der Waals surface area contributed by atoms with Crippen LogP contribution in [-0.4, -0.2) is 54.3 Å². The molecule has 0 bridgehead atoms. The molecule has 5 rings (SSSR count). The van der Waals surface area contributed by atoms with E-state index >= 15 is 0 Å². The molecule has 38 heavy (non-hydrogen) atoms. The van der Waals surface area contributed by atoms with Crippen molar-refractivity contribution in [3.63, 3.8) is 0 Å². The van der Waals surface area contributed by atoms with E-state index in [1.165, 1.54) is 51.0 Å². The van der Waals surface area contributed by atoms with Gasteiger partial charge in [0.1, 0.15) is 18.2 Å². The molecule has 0 N–H and O–H groups in total. The van der Waals surface area contributed by atoms with E-state index in [0.29, 0.717) is 11.9 Å². The summed E-state index contributed by atoms with van der Waals surface area (Å²) < 4.78 is 48.4. The number of alkyl halides is 3. The summed E-state index contributed by atoms with van der Waals surface area (Å²) in [6.07, 6.45) is 7.63. The average Bonchev–Trinajstić information content (AvgIpc) is 3.50. The highest BCUT2D eigenvalue weighted by Gasteiger charge is 2.31. The third-order valence-corrected chi connectivity index (χ3v) is 7.88. The van der Waals surface area contributed by atoms with Gasteiger partial charge in [-0.25, -0.2) is 4.68 Å². The third kappa shape index (κ3) is 6.54. The monoisotopic (exact) mass is 531 g/mol. The number of halogens is 3. The van der Waals surface area contributed by atoms with E-state index in [-0.39, 0.29) is 18.3 Å². The summed E-state index contributed by atoms with van der Waals surface area (Å²) in [5.41, 5.74) is 0.345. The van der Waals surface area contributed by atoms with Crippen molar-refractivity contribution >= 4 is 0 Å². The van der Waals surface area contributed by atoms with Gasteiger partial charge in [0.2, 0.25) is 0 Å². The van der Waals surface area contributed by atoms with E-state index in [2.05, 4.69) is 31.6 Å². The summed E-state index contributed by atoms with van der Waals surface area (Å²) in [4.78, 5) is 2.52. The molecule has 0 spiro atoms. The lowest BCUT2D eigenvalue weighted by Gasteiger charge is -2.30. The molecule has 1 aliphatic carbocycles. The molecule has 1 aliphatic heterocycles. The first-order chi connectivity index (χ1) is 18.4. The Morgan fingerprint density at radius 3 is 2.55 bits per heavy atom. The molecule has 8 nitrogen and oxygen atoms in total. The van der Waals surface area contributed by atoms with Gasteiger partial charge in [0.05, 0.1) is 17.3 Å². The fourth-order valence-electron chi connectivity index (χ4n) is 5.40. The van der Waals surface area contributed by atoms with Crippen LogP contribution in [0.25, 0.3) is 0 Å². The van der Waals surface area contributed by atoms with E-state index in [1.807, 2.05) is 16.3 Å². The van der Waals surface area contributed by atoms with Crippen molar-refractivity contribution in [3.05, 3.63) is 53.4 Å². The van der Waals surface area contributed by atoms with Gasteiger partial charge < -0.3 is 14.2 Å². The Hall–Kier alpha value is -2.95. The molecule has 206 valence electrons. The lowest BCUT2D eigenvalue weighted by atomic mass is 9.85. The van der Waals surface area contributed by atoms with Crippen molar-refractivity contribution in [2.75, 3.05) is 19.6 Å². The highest BCUT2D eigenvalue weighted by molar-refractivity contribution is 5.30. The standard InChI is InChI=1S/C27H36F3N7O/c1-35-25(19-38-24-9-5-7-21(17-24)27(28,29)30)32-33-26(35)20-10-12-23(13-11-20)37-18-22(31-34-37)8-3-2-4-14-36-15-6-16-36/h5,7,9,17-18,20,23H,2-4,6,8,10-16,19H2,1H3/t20-,23-. The maximum absolute atomic E-state index is 13.0. The lowest BCUT2D eigenvalue weighted by Crippen LogP contribution is -2.37. The van der Waals surface area contributed by atoms with Crippen LogP contribution in [0.15, 0.2) is 30.5 Å². The highest BCUT2D eigenvalue weighted by Crippen LogP contribution is 2.37. The molecule has 2 aromatic heterocycles. The van der Waals surface area contributed by atoms with Gasteiger partial charge in [-0.2, -0.15) is 13.2 Å². The maximum Gasteiger partial charge on any atom is 0.416 e. The van der Waals surface area contributed by atoms with E-state index in [4.69, 9.17) is 4.74 Å². The van der Waals surface area contributed by atoms with Crippen LogP contribution in [0.3, 0.4) is 0 Å². The third-order valence-electron chi connectivity index (χ3n) is 7.88.